The van der Waals surface area contributed by atoms with E-state index in [4.69, 9.17) is 0 Å². The van der Waals surface area contributed by atoms with Gasteiger partial charge in [0.1, 0.15) is 11.6 Å². The minimum atomic E-state index is -1.16. The van der Waals surface area contributed by atoms with Crippen molar-refractivity contribution in [2.45, 2.75) is 25.2 Å². The number of halogens is 4. The van der Waals surface area contributed by atoms with Crippen molar-refractivity contribution >= 4 is 23.1 Å². The lowest BCUT2D eigenvalue weighted by Gasteiger charge is -2.16. The summed E-state index contributed by atoms with van der Waals surface area (Å²) in [5.74, 6) is -2.96. The summed E-state index contributed by atoms with van der Waals surface area (Å²) in [4.78, 5) is 0. The molecule has 3 aromatic carbocycles. The molecule has 6 heteroatoms. The molecule has 1 saturated carbocycles. The summed E-state index contributed by atoms with van der Waals surface area (Å²) in [5.41, 5.74) is 1.47. The van der Waals surface area contributed by atoms with Gasteiger partial charge in [0.05, 0.1) is 17.1 Å². The predicted molar refractivity (Wildman–Crippen MR) is 117 cm³/mol. The van der Waals surface area contributed by atoms with Gasteiger partial charge < -0.3 is 10.6 Å². The zero-order valence-corrected chi connectivity index (χ0v) is 17.0. The van der Waals surface area contributed by atoms with Gasteiger partial charge in [-0.15, -0.1) is 0 Å². The van der Waals surface area contributed by atoms with E-state index in [1.807, 2.05) is 0 Å². The first-order valence-corrected chi connectivity index (χ1v) is 10.1. The van der Waals surface area contributed by atoms with Gasteiger partial charge in [0.2, 0.25) is 0 Å². The molecule has 0 amide bonds. The molecule has 0 atom stereocenters. The zero-order valence-electron chi connectivity index (χ0n) is 17.0. The van der Waals surface area contributed by atoms with E-state index in [2.05, 4.69) is 17.2 Å². The van der Waals surface area contributed by atoms with Crippen molar-refractivity contribution in [1.82, 2.24) is 0 Å². The van der Waals surface area contributed by atoms with Crippen LogP contribution in [0.2, 0.25) is 0 Å². The van der Waals surface area contributed by atoms with Crippen molar-refractivity contribution in [3.05, 3.63) is 94.6 Å². The molecule has 1 fully saturated rings. The van der Waals surface area contributed by atoms with E-state index in [1.165, 1.54) is 30.3 Å². The topological polar surface area (TPSA) is 24.1 Å². The minimum absolute atomic E-state index is 0.0188. The summed E-state index contributed by atoms with van der Waals surface area (Å²) in [5, 5.41) is 5.38. The molecule has 0 heterocycles. The van der Waals surface area contributed by atoms with Crippen LogP contribution in [0.5, 0.6) is 0 Å². The van der Waals surface area contributed by atoms with Crippen LogP contribution in [0.25, 0.3) is 6.08 Å². The highest BCUT2D eigenvalue weighted by molar-refractivity contribution is 5.73. The highest BCUT2D eigenvalue weighted by atomic mass is 19.2. The number of hydrogen-bond donors (Lipinski definition) is 2. The SMILES string of the molecule is C=Cc1cc(Cc2cccc(NC)c2F)c(F)c(F)c1Nc1ccc(C2CC2)cc1F. The largest absolute Gasteiger partial charge is 0.386 e. The Labute approximate surface area is 178 Å². The summed E-state index contributed by atoms with van der Waals surface area (Å²) < 4.78 is 58.9. The first-order chi connectivity index (χ1) is 14.9. The fourth-order valence-corrected chi connectivity index (χ4v) is 3.67. The fourth-order valence-electron chi connectivity index (χ4n) is 3.67. The number of anilines is 3. The average Bonchev–Trinajstić information content (AvgIpc) is 3.61. The normalized spacial score (nSPS) is 13.2. The van der Waals surface area contributed by atoms with Crippen LogP contribution in [0, 0.1) is 23.3 Å². The Morgan fingerprint density at radius 2 is 1.71 bits per heavy atom. The van der Waals surface area contributed by atoms with E-state index < -0.39 is 23.3 Å². The fraction of sp³-hybridized carbons (Fsp3) is 0.200. The van der Waals surface area contributed by atoms with E-state index in [9.17, 15) is 17.6 Å². The molecule has 4 rings (SSSR count). The first kappa shape index (κ1) is 21.0. The second kappa shape index (κ2) is 8.46. The number of nitrogens with one attached hydrogen (secondary N) is 2. The highest BCUT2D eigenvalue weighted by Gasteiger charge is 2.25. The second-order valence-corrected chi connectivity index (χ2v) is 7.68. The van der Waals surface area contributed by atoms with Crippen molar-refractivity contribution in [1.29, 1.82) is 0 Å². The molecule has 2 nitrogen and oxygen atoms in total. The molecular formula is C25H22F4N2. The third-order valence-electron chi connectivity index (χ3n) is 5.56. The molecule has 3 aromatic rings. The Morgan fingerprint density at radius 3 is 2.35 bits per heavy atom. The number of rotatable bonds is 7. The quantitative estimate of drug-likeness (QED) is 0.392. The Morgan fingerprint density at radius 1 is 0.935 bits per heavy atom. The Balaban J connectivity index is 1.68. The standard InChI is InChI=1S/C25H22F4N2/c1-3-14-11-18(12-17-5-4-6-21(30-2)22(17)27)23(28)24(29)25(14)31-20-10-9-16(13-19(20)26)15-7-8-15/h3-6,9-11,13,15,30-31H,1,7-8,12H2,2H3. The van der Waals surface area contributed by atoms with Gasteiger partial charge >= 0.3 is 0 Å². The molecular weight excluding hydrogens is 404 g/mol. The molecule has 1 aliphatic carbocycles. The molecule has 0 aromatic heterocycles. The van der Waals surface area contributed by atoms with Crippen LogP contribution >= 0.6 is 0 Å². The van der Waals surface area contributed by atoms with Crippen molar-refractivity contribution in [3.63, 3.8) is 0 Å². The third kappa shape index (κ3) is 4.15. The minimum Gasteiger partial charge on any atom is -0.386 e. The lowest BCUT2D eigenvalue weighted by molar-refractivity contribution is 0.502. The molecule has 0 spiro atoms. The summed E-state index contributed by atoms with van der Waals surface area (Å²) in [7, 11) is 1.58. The van der Waals surface area contributed by atoms with Crippen molar-refractivity contribution in [2.24, 2.45) is 0 Å². The summed E-state index contributed by atoms with van der Waals surface area (Å²) in [6.45, 7) is 3.66. The molecule has 0 bridgehead atoms. The van der Waals surface area contributed by atoms with Crippen LogP contribution in [0.3, 0.4) is 0 Å². The van der Waals surface area contributed by atoms with Crippen LogP contribution in [-0.2, 0) is 6.42 Å². The molecule has 0 radical (unpaired) electrons. The van der Waals surface area contributed by atoms with Gasteiger partial charge in [-0.2, -0.15) is 0 Å². The highest BCUT2D eigenvalue weighted by Crippen LogP contribution is 2.41. The lowest BCUT2D eigenvalue weighted by Crippen LogP contribution is -2.06. The number of hydrogen-bond acceptors (Lipinski definition) is 2. The molecule has 31 heavy (non-hydrogen) atoms. The third-order valence-corrected chi connectivity index (χ3v) is 5.56. The summed E-state index contributed by atoms with van der Waals surface area (Å²) >= 11 is 0. The Kier molecular flexibility index (Phi) is 5.72. The maximum absolute atomic E-state index is 15.0. The predicted octanol–water partition coefficient (Wildman–Crippen LogP) is 7.14. The van der Waals surface area contributed by atoms with Gasteiger partial charge in [-0.25, -0.2) is 17.6 Å². The van der Waals surface area contributed by atoms with Crippen LogP contribution < -0.4 is 10.6 Å². The summed E-state index contributed by atoms with van der Waals surface area (Å²) in [6.07, 6.45) is 3.28. The molecule has 160 valence electrons. The molecule has 1 aliphatic rings. The van der Waals surface area contributed by atoms with E-state index in [-0.39, 0.29) is 40.2 Å². The van der Waals surface area contributed by atoms with Gasteiger partial charge in [-0.05, 0) is 59.7 Å². The van der Waals surface area contributed by atoms with Crippen LogP contribution in [0.4, 0.5) is 34.6 Å². The maximum atomic E-state index is 15.0. The zero-order chi connectivity index (χ0) is 22.1. The van der Waals surface area contributed by atoms with E-state index in [1.54, 1.807) is 25.2 Å². The maximum Gasteiger partial charge on any atom is 0.183 e. The van der Waals surface area contributed by atoms with Crippen LogP contribution in [0.1, 0.15) is 41.0 Å². The van der Waals surface area contributed by atoms with Gasteiger partial charge in [0.25, 0.3) is 0 Å². The Bertz CT molecular complexity index is 1150. The average molecular weight is 426 g/mol. The summed E-state index contributed by atoms with van der Waals surface area (Å²) in [6, 6.07) is 10.8. The van der Waals surface area contributed by atoms with Crippen LogP contribution in [-0.4, -0.2) is 7.05 Å². The van der Waals surface area contributed by atoms with Crippen molar-refractivity contribution in [2.75, 3.05) is 17.7 Å². The van der Waals surface area contributed by atoms with Gasteiger partial charge in [0, 0.05) is 19.0 Å². The molecule has 0 unspecified atom stereocenters. The van der Waals surface area contributed by atoms with Gasteiger partial charge in [-0.1, -0.05) is 30.9 Å². The first-order valence-electron chi connectivity index (χ1n) is 10.1. The van der Waals surface area contributed by atoms with Crippen molar-refractivity contribution in [3.8, 4) is 0 Å². The van der Waals surface area contributed by atoms with Gasteiger partial charge in [0.15, 0.2) is 11.6 Å². The monoisotopic (exact) mass is 426 g/mol. The van der Waals surface area contributed by atoms with E-state index >= 15 is 0 Å². The lowest BCUT2D eigenvalue weighted by atomic mass is 9.99. The van der Waals surface area contributed by atoms with E-state index in [0.717, 1.165) is 18.4 Å². The molecule has 0 saturated heterocycles. The Hall–Kier alpha value is -3.28. The van der Waals surface area contributed by atoms with E-state index in [0.29, 0.717) is 5.92 Å². The van der Waals surface area contributed by atoms with Crippen LogP contribution in [0.15, 0.2) is 49.0 Å². The smallest absolute Gasteiger partial charge is 0.183 e. The molecule has 2 N–H and O–H groups in total. The molecule has 0 aliphatic heterocycles. The number of benzene rings is 3. The van der Waals surface area contributed by atoms with Gasteiger partial charge in [-0.3, -0.25) is 0 Å². The second-order valence-electron chi connectivity index (χ2n) is 7.68. The van der Waals surface area contributed by atoms with Crippen molar-refractivity contribution < 1.29 is 17.6 Å².